The first-order valence-corrected chi connectivity index (χ1v) is 14.9. The number of sulfone groups is 1. The number of aromatic nitrogens is 3. The van der Waals surface area contributed by atoms with Crippen molar-refractivity contribution in [3.8, 4) is 16.9 Å². The third-order valence-corrected chi connectivity index (χ3v) is 7.70. The maximum Gasteiger partial charge on any atom is 0.422 e. The van der Waals surface area contributed by atoms with Gasteiger partial charge in [-0.15, -0.1) is 5.10 Å². The van der Waals surface area contributed by atoms with Crippen molar-refractivity contribution in [2.45, 2.75) is 23.5 Å². The van der Waals surface area contributed by atoms with E-state index in [-0.39, 0.29) is 34.5 Å². The Kier molecular flexibility index (Phi) is 8.39. The number of hydrogen-bond donors (Lipinski definition) is 2. The van der Waals surface area contributed by atoms with Crippen molar-refractivity contribution in [1.29, 1.82) is 0 Å². The zero-order valence-corrected chi connectivity index (χ0v) is 23.9. The molecule has 0 aliphatic carbocycles. The number of alkyl halides is 3. The first kappa shape index (κ1) is 30.6. The number of nitrogens with two attached hydrogens (primary N) is 1. The summed E-state index contributed by atoms with van der Waals surface area (Å²) in [6.45, 7) is -1.62. The highest BCUT2D eigenvalue weighted by molar-refractivity contribution is 7.90. The normalized spacial score (nSPS) is 12.7. The van der Waals surface area contributed by atoms with E-state index in [2.05, 4.69) is 15.4 Å². The number of benzene rings is 3. The number of anilines is 2. The molecule has 0 unspecified atom stereocenters. The van der Waals surface area contributed by atoms with Crippen LogP contribution < -0.4 is 15.8 Å². The molecule has 2 aromatic heterocycles. The lowest BCUT2D eigenvalue weighted by atomic mass is 9.97. The van der Waals surface area contributed by atoms with E-state index in [0.29, 0.717) is 11.2 Å². The molecule has 9 nitrogen and oxygen atoms in total. The highest BCUT2D eigenvalue weighted by atomic mass is 32.2. The highest BCUT2D eigenvalue weighted by Crippen LogP contribution is 2.32. The number of Topliss-reactive ketones (excluding diaryl/α,β-unsaturated/α-hetero) is 1. The number of ketones is 1. The third-order valence-electron chi connectivity index (χ3n) is 6.59. The zero-order chi connectivity index (χ0) is 31.6. The zero-order valence-electron chi connectivity index (χ0n) is 23.0. The van der Waals surface area contributed by atoms with Gasteiger partial charge in [-0.05, 0) is 53.1 Å². The van der Waals surface area contributed by atoms with E-state index >= 15 is 0 Å². The number of rotatable bonds is 10. The summed E-state index contributed by atoms with van der Waals surface area (Å²) in [5.74, 6) is -0.920. The van der Waals surface area contributed by atoms with Gasteiger partial charge < -0.3 is 15.8 Å². The lowest BCUT2D eigenvalue weighted by Gasteiger charge is -2.14. The van der Waals surface area contributed by atoms with Crippen LogP contribution in [0.25, 0.3) is 16.8 Å². The van der Waals surface area contributed by atoms with Gasteiger partial charge in [0.2, 0.25) is 5.95 Å². The average molecular weight is 628 g/mol. The Morgan fingerprint density at radius 2 is 1.68 bits per heavy atom. The molecule has 2 heterocycles. The van der Waals surface area contributed by atoms with Gasteiger partial charge in [-0.1, -0.05) is 36.4 Å². The summed E-state index contributed by atoms with van der Waals surface area (Å²) >= 11 is 0. The number of carbonyl (C=O) groups excluding carboxylic acids is 1. The van der Waals surface area contributed by atoms with Crippen LogP contribution in [0, 0.1) is 5.82 Å². The van der Waals surface area contributed by atoms with Crippen LogP contribution in [-0.2, 0) is 21.1 Å². The minimum absolute atomic E-state index is 0.0393. The monoisotopic (exact) mass is 627 g/mol. The van der Waals surface area contributed by atoms with E-state index in [9.17, 15) is 30.8 Å². The number of hydrogen-bond acceptors (Lipinski definition) is 8. The number of pyridine rings is 1. The van der Waals surface area contributed by atoms with E-state index in [1.165, 1.54) is 40.9 Å². The van der Waals surface area contributed by atoms with Gasteiger partial charge in [0, 0.05) is 30.5 Å². The second kappa shape index (κ2) is 12.1. The van der Waals surface area contributed by atoms with E-state index in [1.54, 1.807) is 30.5 Å². The second-order valence-electron chi connectivity index (χ2n) is 9.98. The number of carbonyl (C=O) groups is 1. The van der Waals surface area contributed by atoms with Gasteiger partial charge >= 0.3 is 6.18 Å². The molecule has 0 amide bonds. The number of nitrogens with zero attached hydrogens (tertiary/aromatic N) is 3. The molecular weight excluding hydrogens is 602 g/mol. The molecular formula is C30H25F4N5O4S. The fourth-order valence-electron chi connectivity index (χ4n) is 4.33. The van der Waals surface area contributed by atoms with E-state index in [1.807, 2.05) is 12.1 Å². The lowest BCUT2D eigenvalue weighted by Crippen LogP contribution is -2.23. The Balaban J connectivity index is 1.32. The fraction of sp³-hybridized carbons (Fsp3) is 0.167. The summed E-state index contributed by atoms with van der Waals surface area (Å²) in [4.78, 5) is 16.8. The molecule has 1 atom stereocenters. The third kappa shape index (κ3) is 7.38. The summed E-state index contributed by atoms with van der Waals surface area (Å²) < 4.78 is 81.8. The topological polar surface area (TPSA) is 129 Å². The molecule has 0 radical (unpaired) electrons. The molecule has 0 aliphatic heterocycles. The molecule has 0 bridgehead atoms. The van der Waals surface area contributed by atoms with Crippen LogP contribution in [0.2, 0.25) is 0 Å². The van der Waals surface area contributed by atoms with Gasteiger partial charge in [0.15, 0.2) is 27.9 Å². The molecule has 0 saturated heterocycles. The first-order valence-electron chi connectivity index (χ1n) is 13.1. The van der Waals surface area contributed by atoms with Gasteiger partial charge in [0.25, 0.3) is 0 Å². The van der Waals surface area contributed by atoms with Crippen LogP contribution in [0.5, 0.6) is 5.75 Å². The van der Waals surface area contributed by atoms with E-state index in [0.717, 1.165) is 29.0 Å². The fourth-order valence-corrected chi connectivity index (χ4v) is 4.96. The van der Waals surface area contributed by atoms with Gasteiger partial charge in [-0.3, -0.25) is 4.79 Å². The van der Waals surface area contributed by atoms with Crippen molar-refractivity contribution in [3.05, 3.63) is 102 Å². The van der Waals surface area contributed by atoms with Crippen LogP contribution >= 0.6 is 0 Å². The van der Waals surface area contributed by atoms with E-state index in [4.69, 9.17) is 10.5 Å². The summed E-state index contributed by atoms with van der Waals surface area (Å²) in [6.07, 6.45) is -1.91. The summed E-state index contributed by atoms with van der Waals surface area (Å²) in [5, 5.41) is 7.14. The number of fused-ring (bicyclic) bond motifs is 1. The van der Waals surface area contributed by atoms with Crippen LogP contribution in [0.1, 0.15) is 17.2 Å². The molecule has 3 N–H and O–H groups in total. The number of halogens is 4. The van der Waals surface area contributed by atoms with E-state index < -0.39 is 34.5 Å². The molecule has 0 spiro atoms. The molecule has 5 rings (SSSR count). The molecule has 14 heteroatoms. The summed E-state index contributed by atoms with van der Waals surface area (Å²) in [6, 6.07) is 18.9. The van der Waals surface area contributed by atoms with Crippen molar-refractivity contribution in [3.63, 3.8) is 0 Å². The van der Waals surface area contributed by atoms with Gasteiger partial charge in [0.05, 0.1) is 16.6 Å². The van der Waals surface area contributed by atoms with Crippen molar-refractivity contribution in [2.75, 3.05) is 18.2 Å². The van der Waals surface area contributed by atoms with Crippen LogP contribution in [-0.4, -0.2) is 47.8 Å². The summed E-state index contributed by atoms with van der Waals surface area (Å²) in [7, 11) is -3.70. The predicted molar refractivity (Wildman–Crippen MR) is 155 cm³/mol. The Morgan fingerprint density at radius 3 is 2.34 bits per heavy atom. The SMILES string of the molecule is CS(=O)(=O)c1ccc(Nc2nc3ccc(-c4ccc(CC(=O)[C@H](N)c5ccc(F)cc5)cc4)cn3n2)c(OCC(F)(F)F)c1. The Hall–Kier alpha value is -4.82. The maximum atomic E-state index is 13.2. The van der Waals surface area contributed by atoms with Crippen LogP contribution in [0.15, 0.2) is 90.0 Å². The van der Waals surface area contributed by atoms with Crippen molar-refractivity contribution >= 4 is 32.9 Å². The van der Waals surface area contributed by atoms with Crippen LogP contribution in [0.4, 0.5) is 29.2 Å². The van der Waals surface area contributed by atoms with Crippen molar-refractivity contribution < 1.29 is 35.5 Å². The van der Waals surface area contributed by atoms with Gasteiger partial charge in [0.1, 0.15) is 11.6 Å². The Morgan fingerprint density at radius 1 is 1.00 bits per heavy atom. The van der Waals surface area contributed by atoms with Gasteiger partial charge in [-0.2, -0.15) is 18.2 Å². The van der Waals surface area contributed by atoms with Crippen molar-refractivity contribution in [1.82, 2.24) is 14.6 Å². The largest absolute Gasteiger partial charge is 0.482 e. The minimum Gasteiger partial charge on any atom is -0.482 e. The molecule has 5 aromatic rings. The first-order chi connectivity index (χ1) is 20.7. The predicted octanol–water partition coefficient (Wildman–Crippen LogP) is 5.44. The van der Waals surface area contributed by atoms with Crippen molar-refractivity contribution in [2.24, 2.45) is 5.73 Å². The standard InChI is InChI=1S/C30H25F4N5O4S/c1-44(41,42)23-11-12-24(26(15-23)43-17-30(32,33)34)36-29-37-27-13-8-21(16-39(27)38-29)19-4-2-18(3-5-19)14-25(40)28(35)20-6-9-22(31)10-7-20/h2-13,15-16,28H,14,17,35H2,1H3,(H,36,38)/t28-/m1/s1. The quantitative estimate of drug-likeness (QED) is 0.196. The van der Waals surface area contributed by atoms with Crippen LogP contribution in [0.3, 0.4) is 0 Å². The molecule has 0 saturated carbocycles. The molecule has 0 aliphatic rings. The molecule has 3 aromatic carbocycles. The van der Waals surface area contributed by atoms with Gasteiger partial charge in [-0.25, -0.2) is 17.3 Å². The molecule has 0 fully saturated rings. The lowest BCUT2D eigenvalue weighted by molar-refractivity contribution is -0.153. The Bertz CT molecular complexity index is 1930. The maximum absolute atomic E-state index is 13.2. The second-order valence-corrected chi connectivity index (χ2v) is 12.0. The number of nitrogens with one attached hydrogen (secondary N) is 1. The smallest absolute Gasteiger partial charge is 0.422 e. The summed E-state index contributed by atoms with van der Waals surface area (Å²) in [5.41, 5.74) is 9.38. The number of ether oxygens (including phenoxy) is 1. The molecule has 228 valence electrons. The highest BCUT2D eigenvalue weighted by Gasteiger charge is 2.29. The Labute approximate surface area is 249 Å². The molecule has 44 heavy (non-hydrogen) atoms. The minimum atomic E-state index is -4.64. The average Bonchev–Trinajstić information content (AvgIpc) is 3.37.